The number of hydrogen-bond donors (Lipinski definition) is 1. The Kier molecular flexibility index (Phi) is 8.77. The Hall–Kier alpha value is -3.67. The molecule has 0 saturated carbocycles. The number of ether oxygens (including phenoxy) is 2. The number of rotatable bonds is 7. The molecule has 2 aliphatic rings. The number of aromatic carboxylic acids is 1. The van der Waals surface area contributed by atoms with Crippen molar-refractivity contribution >= 4 is 28.6 Å². The third kappa shape index (κ3) is 6.64. The topological polar surface area (TPSA) is 89.7 Å². The van der Waals surface area contributed by atoms with Crippen LogP contribution in [0.1, 0.15) is 46.3 Å². The van der Waals surface area contributed by atoms with E-state index in [0.29, 0.717) is 30.1 Å². The number of imidazole rings is 1. The molecule has 1 N–H and O–H groups in total. The van der Waals surface area contributed by atoms with Crippen LogP contribution in [0, 0.1) is 17.5 Å². The standard InChI is InChI=1S/C26H22ClF3N4O3.C3H6O/c1-33-22-9-15(26(35)36)8-19(30)25(22)32-24(33)12-34-7-6-14(11-34)20-4-3-17(28)21(31-20)13-37-23-5-2-16(27)10-18(23)29;1-2-4-3-1/h2-5,8-10,14H,6-7,11-13H2,1H3,(H,35,36);1-3H2. The minimum atomic E-state index is -1.21. The van der Waals surface area contributed by atoms with Gasteiger partial charge in [0.25, 0.3) is 0 Å². The van der Waals surface area contributed by atoms with Crippen LogP contribution in [0.2, 0.25) is 5.02 Å². The van der Waals surface area contributed by atoms with Gasteiger partial charge in [-0.3, -0.25) is 9.88 Å². The molecule has 8 nitrogen and oxygen atoms in total. The van der Waals surface area contributed by atoms with Gasteiger partial charge in [0.2, 0.25) is 0 Å². The summed E-state index contributed by atoms with van der Waals surface area (Å²) in [4.78, 5) is 22.3. The molecular weight excluding hydrogens is 561 g/mol. The van der Waals surface area contributed by atoms with Crippen LogP contribution >= 0.6 is 11.6 Å². The molecule has 1 unspecified atom stereocenters. The number of nitrogens with zero attached hydrogens (tertiary/aromatic N) is 4. The zero-order chi connectivity index (χ0) is 29.1. The van der Waals surface area contributed by atoms with E-state index in [-0.39, 0.29) is 40.1 Å². The minimum Gasteiger partial charge on any atom is -0.484 e. The van der Waals surface area contributed by atoms with E-state index in [1.54, 1.807) is 17.7 Å². The van der Waals surface area contributed by atoms with Gasteiger partial charge >= 0.3 is 5.97 Å². The lowest BCUT2D eigenvalue weighted by Gasteiger charge is -2.16. The molecule has 216 valence electrons. The van der Waals surface area contributed by atoms with Crippen LogP contribution in [-0.2, 0) is 24.9 Å². The fourth-order valence-corrected chi connectivity index (χ4v) is 4.85. The molecule has 0 bridgehead atoms. The lowest BCUT2D eigenvalue weighted by molar-refractivity contribution is 0.0367. The van der Waals surface area contributed by atoms with E-state index in [2.05, 4.69) is 14.9 Å². The van der Waals surface area contributed by atoms with Gasteiger partial charge < -0.3 is 19.1 Å². The summed E-state index contributed by atoms with van der Waals surface area (Å²) in [6.07, 6.45) is 2.05. The molecule has 4 aromatic rings. The number of pyridine rings is 1. The highest BCUT2D eigenvalue weighted by molar-refractivity contribution is 6.30. The van der Waals surface area contributed by atoms with E-state index >= 15 is 0 Å². The molecule has 4 heterocycles. The highest BCUT2D eigenvalue weighted by Crippen LogP contribution is 2.29. The summed E-state index contributed by atoms with van der Waals surface area (Å²) in [5, 5.41) is 9.45. The van der Waals surface area contributed by atoms with Crippen molar-refractivity contribution in [3.05, 3.63) is 87.7 Å². The number of benzene rings is 2. The summed E-state index contributed by atoms with van der Waals surface area (Å²) in [6, 6.07) is 9.32. The van der Waals surface area contributed by atoms with Crippen LogP contribution in [0.5, 0.6) is 5.75 Å². The number of carbonyl (C=O) groups is 1. The van der Waals surface area contributed by atoms with E-state index in [9.17, 15) is 23.1 Å². The second kappa shape index (κ2) is 12.5. The van der Waals surface area contributed by atoms with Gasteiger partial charge in [-0.2, -0.15) is 0 Å². The average molecular weight is 589 g/mol. The van der Waals surface area contributed by atoms with E-state index < -0.39 is 23.4 Å². The van der Waals surface area contributed by atoms with Crippen LogP contribution in [0.4, 0.5) is 13.2 Å². The number of likely N-dealkylation sites (tertiary alicyclic amines) is 1. The Morgan fingerprint density at radius 3 is 2.54 bits per heavy atom. The molecule has 0 aliphatic carbocycles. The van der Waals surface area contributed by atoms with Crippen LogP contribution in [0.25, 0.3) is 11.0 Å². The number of carboxylic acid groups (broad SMARTS) is 1. The molecular formula is C29H28ClF3N4O4. The number of carboxylic acids is 1. The van der Waals surface area contributed by atoms with Crippen molar-refractivity contribution < 1.29 is 32.5 Å². The molecule has 12 heteroatoms. The molecule has 6 rings (SSSR count). The Labute approximate surface area is 239 Å². The lowest BCUT2D eigenvalue weighted by atomic mass is 10.0. The van der Waals surface area contributed by atoms with Gasteiger partial charge in [0.15, 0.2) is 17.4 Å². The van der Waals surface area contributed by atoms with Gasteiger partial charge in [-0.1, -0.05) is 11.6 Å². The fourth-order valence-electron chi connectivity index (χ4n) is 4.69. The highest BCUT2D eigenvalue weighted by atomic mass is 35.5. The maximum absolute atomic E-state index is 14.5. The van der Waals surface area contributed by atoms with Crippen molar-refractivity contribution in [2.45, 2.75) is 31.9 Å². The van der Waals surface area contributed by atoms with Crippen LogP contribution in [0.3, 0.4) is 0 Å². The third-order valence-electron chi connectivity index (χ3n) is 7.11. The summed E-state index contributed by atoms with van der Waals surface area (Å²) in [5.41, 5.74) is 1.17. The lowest BCUT2D eigenvalue weighted by Crippen LogP contribution is -2.22. The van der Waals surface area contributed by atoms with Crippen LogP contribution in [-0.4, -0.2) is 56.8 Å². The van der Waals surface area contributed by atoms with E-state index in [1.165, 1.54) is 30.7 Å². The molecule has 2 fully saturated rings. The average Bonchev–Trinajstić information content (AvgIpc) is 3.48. The molecule has 2 aliphatic heterocycles. The quantitative estimate of drug-likeness (QED) is 0.296. The summed E-state index contributed by atoms with van der Waals surface area (Å²) < 4.78 is 54.7. The van der Waals surface area contributed by atoms with E-state index in [4.69, 9.17) is 21.1 Å². The summed E-state index contributed by atoms with van der Waals surface area (Å²) >= 11 is 5.75. The predicted octanol–water partition coefficient (Wildman–Crippen LogP) is 5.71. The molecule has 2 saturated heterocycles. The van der Waals surface area contributed by atoms with Crippen molar-refractivity contribution in [2.75, 3.05) is 26.3 Å². The maximum Gasteiger partial charge on any atom is 0.335 e. The molecule has 41 heavy (non-hydrogen) atoms. The van der Waals surface area contributed by atoms with Crippen molar-refractivity contribution in [3.8, 4) is 5.75 Å². The van der Waals surface area contributed by atoms with Crippen molar-refractivity contribution in [1.29, 1.82) is 0 Å². The largest absolute Gasteiger partial charge is 0.484 e. The van der Waals surface area contributed by atoms with Crippen molar-refractivity contribution in [1.82, 2.24) is 19.4 Å². The second-order valence-electron chi connectivity index (χ2n) is 9.93. The van der Waals surface area contributed by atoms with Crippen molar-refractivity contribution in [2.24, 2.45) is 7.05 Å². The Bertz CT molecular complexity index is 1570. The monoisotopic (exact) mass is 588 g/mol. The number of fused-ring (bicyclic) bond motifs is 1. The highest BCUT2D eigenvalue weighted by Gasteiger charge is 2.27. The van der Waals surface area contributed by atoms with Crippen molar-refractivity contribution in [3.63, 3.8) is 0 Å². The maximum atomic E-state index is 14.5. The van der Waals surface area contributed by atoms with Gasteiger partial charge in [-0.15, -0.1) is 0 Å². The Morgan fingerprint density at radius 1 is 1.10 bits per heavy atom. The first-order chi connectivity index (χ1) is 19.7. The molecule has 2 aromatic heterocycles. The van der Waals surface area contributed by atoms with Gasteiger partial charge in [0, 0.05) is 43.4 Å². The Balaban J connectivity index is 0.000000777. The zero-order valence-corrected chi connectivity index (χ0v) is 23.0. The number of halogens is 4. The number of aromatic nitrogens is 3. The first kappa shape index (κ1) is 28.8. The first-order valence-corrected chi connectivity index (χ1v) is 13.5. The van der Waals surface area contributed by atoms with Crippen LogP contribution in [0.15, 0.2) is 42.5 Å². The van der Waals surface area contributed by atoms with Gasteiger partial charge in [-0.05, 0) is 61.9 Å². The summed E-state index contributed by atoms with van der Waals surface area (Å²) in [5.74, 6) is -2.50. The molecule has 0 amide bonds. The molecule has 0 radical (unpaired) electrons. The first-order valence-electron chi connectivity index (χ1n) is 13.1. The zero-order valence-electron chi connectivity index (χ0n) is 22.2. The second-order valence-corrected chi connectivity index (χ2v) is 10.4. The predicted molar refractivity (Wildman–Crippen MR) is 146 cm³/mol. The fraction of sp³-hybridized carbons (Fsp3) is 0.345. The number of hydrogen-bond acceptors (Lipinski definition) is 6. The summed E-state index contributed by atoms with van der Waals surface area (Å²) in [6.45, 7) is 3.53. The van der Waals surface area contributed by atoms with Gasteiger partial charge in [-0.25, -0.2) is 22.9 Å². The van der Waals surface area contributed by atoms with Gasteiger partial charge in [0.1, 0.15) is 29.5 Å². The summed E-state index contributed by atoms with van der Waals surface area (Å²) in [7, 11) is 1.72. The Morgan fingerprint density at radius 2 is 1.85 bits per heavy atom. The van der Waals surface area contributed by atoms with E-state index in [1.807, 2.05) is 0 Å². The normalized spacial score (nSPS) is 16.8. The smallest absolute Gasteiger partial charge is 0.335 e. The van der Waals surface area contributed by atoms with Crippen LogP contribution < -0.4 is 4.74 Å². The minimum absolute atomic E-state index is 0.0247. The SMILES string of the molecule is C1COC1.Cn1c(CN2CCC(c3ccc(F)c(COc4ccc(Cl)cc4F)n3)C2)nc2c(F)cc(C(=O)O)cc21. The van der Waals surface area contributed by atoms with E-state index in [0.717, 1.165) is 38.3 Å². The molecule has 2 aromatic carbocycles. The third-order valence-corrected chi connectivity index (χ3v) is 7.35. The molecule has 1 atom stereocenters. The number of aryl methyl sites for hydroxylation is 1. The molecule has 0 spiro atoms. The van der Waals surface area contributed by atoms with Gasteiger partial charge in [0.05, 0.1) is 17.6 Å².